The van der Waals surface area contributed by atoms with Crippen LogP contribution in [0.5, 0.6) is 0 Å². The third kappa shape index (κ3) is 3.02. The number of hydrogen-bond donors (Lipinski definition) is 1. The molecule has 0 amide bonds. The summed E-state index contributed by atoms with van der Waals surface area (Å²) in [4.78, 5) is 1.40. The van der Waals surface area contributed by atoms with E-state index in [-0.39, 0.29) is 0 Å². The van der Waals surface area contributed by atoms with Crippen LogP contribution in [0.25, 0.3) is 0 Å². The van der Waals surface area contributed by atoms with E-state index in [2.05, 4.69) is 49.6 Å². The second-order valence-corrected chi connectivity index (χ2v) is 6.10. The molecule has 0 spiro atoms. The molecule has 1 N–H and O–H groups in total. The van der Waals surface area contributed by atoms with E-state index in [0.717, 1.165) is 11.2 Å². The summed E-state index contributed by atoms with van der Waals surface area (Å²) in [5, 5.41) is 4.21. The Kier molecular flexibility index (Phi) is 4.30. The van der Waals surface area contributed by atoms with Crippen molar-refractivity contribution in [3.8, 4) is 0 Å². The Morgan fingerprint density at radius 2 is 1.94 bits per heavy atom. The highest BCUT2D eigenvalue weighted by Gasteiger charge is 2.28. The van der Waals surface area contributed by atoms with Gasteiger partial charge in [0.2, 0.25) is 0 Å². The average molecular weight is 235 g/mol. The van der Waals surface area contributed by atoms with Crippen LogP contribution in [0.2, 0.25) is 0 Å². The van der Waals surface area contributed by atoms with Crippen LogP contribution in [-0.4, -0.2) is 18.3 Å². The normalized spacial score (nSPS) is 30.2. The summed E-state index contributed by atoms with van der Waals surface area (Å²) in [6.45, 7) is 2.38. The molecular formula is C14H21NS. The molecule has 2 heteroatoms. The second-order valence-electron chi connectivity index (χ2n) is 4.78. The first kappa shape index (κ1) is 12.0. The van der Waals surface area contributed by atoms with Gasteiger partial charge in [-0.1, -0.05) is 25.1 Å². The molecule has 1 aliphatic carbocycles. The van der Waals surface area contributed by atoms with Crippen LogP contribution < -0.4 is 5.32 Å². The van der Waals surface area contributed by atoms with Crippen LogP contribution in [0.3, 0.4) is 0 Å². The Balaban J connectivity index is 2.01. The predicted molar refractivity (Wildman–Crippen MR) is 71.9 cm³/mol. The van der Waals surface area contributed by atoms with Gasteiger partial charge < -0.3 is 5.32 Å². The van der Waals surface area contributed by atoms with E-state index in [0.29, 0.717) is 6.04 Å². The van der Waals surface area contributed by atoms with Gasteiger partial charge in [0, 0.05) is 16.2 Å². The molecule has 3 atom stereocenters. The molecule has 1 saturated carbocycles. The van der Waals surface area contributed by atoms with Crippen molar-refractivity contribution in [2.45, 2.75) is 42.4 Å². The number of benzene rings is 1. The predicted octanol–water partition coefficient (Wildman–Crippen LogP) is 3.56. The smallest absolute Gasteiger partial charge is 0.0250 e. The van der Waals surface area contributed by atoms with Gasteiger partial charge in [0.25, 0.3) is 0 Å². The summed E-state index contributed by atoms with van der Waals surface area (Å²) < 4.78 is 0. The maximum absolute atomic E-state index is 3.47. The fourth-order valence-electron chi connectivity index (χ4n) is 2.46. The molecule has 1 aromatic carbocycles. The topological polar surface area (TPSA) is 12.0 Å². The Hall–Kier alpha value is -0.470. The van der Waals surface area contributed by atoms with Crippen LogP contribution in [0.4, 0.5) is 0 Å². The number of rotatable bonds is 3. The van der Waals surface area contributed by atoms with Crippen LogP contribution in [0, 0.1) is 5.92 Å². The number of hydrogen-bond acceptors (Lipinski definition) is 2. The molecule has 2 rings (SSSR count). The molecule has 3 unspecified atom stereocenters. The third-order valence-electron chi connectivity index (χ3n) is 3.46. The first-order chi connectivity index (χ1) is 7.79. The van der Waals surface area contributed by atoms with Crippen molar-refractivity contribution < 1.29 is 0 Å². The van der Waals surface area contributed by atoms with E-state index in [1.807, 2.05) is 11.8 Å². The van der Waals surface area contributed by atoms with E-state index in [4.69, 9.17) is 0 Å². The molecule has 1 fully saturated rings. The molecule has 0 bridgehead atoms. The van der Waals surface area contributed by atoms with Gasteiger partial charge in [0.05, 0.1) is 0 Å². The fraction of sp³-hybridized carbons (Fsp3) is 0.571. The highest BCUT2D eigenvalue weighted by atomic mass is 32.2. The maximum Gasteiger partial charge on any atom is 0.0250 e. The van der Waals surface area contributed by atoms with Crippen molar-refractivity contribution in [3.05, 3.63) is 30.3 Å². The Bertz CT molecular complexity index is 312. The Morgan fingerprint density at radius 1 is 1.19 bits per heavy atom. The zero-order chi connectivity index (χ0) is 11.4. The SMILES string of the molecule is CNC1CCC(C)CC1Sc1ccccc1. The largest absolute Gasteiger partial charge is 0.316 e. The lowest BCUT2D eigenvalue weighted by Gasteiger charge is -2.34. The van der Waals surface area contributed by atoms with Crippen molar-refractivity contribution in [1.29, 1.82) is 0 Å². The average Bonchev–Trinajstić information content (AvgIpc) is 2.31. The van der Waals surface area contributed by atoms with Gasteiger partial charge in [-0.3, -0.25) is 0 Å². The first-order valence-corrected chi connectivity index (χ1v) is 7.06. The molecule has 16 heavy (non-hydrogen) atoms. The van der Waals surface area contributed by atoms with Gasteiger partial charge in [0.1, 0.15) is 0 Å². The van der Waals surface area contributed by atoms with Gasteiger partial charge >= 0.3 is 0 Å². The fourth-order valence-corrected chi connectivity index (χ4v) is 3.99. The standard InChI is InChI=1S/C14H21NS/c1-11-8-9-13(15-2)14(10-11)16-12-6-4-3-5-7-12/h3-7,11,13-15H,8-10H2,1-2H3. The summed E-state index contributed by atoms with van der Waals surface area (Å²) in [6.07, 6.45) is 4.03. The van der Waals surface area contributed by atoms with Crippen LogP contribution >= 0.6 is 11.8 Å². The summed E-state index contributed by atoms with van der Waals surface area (Å²) in [5.41, 5.74) is 0. The summed E-state index contributed by atoms with van der Waals surface area (Å²) in [6, 6.07) is 11.5. The molecule has 1 nitrogen and oxygen atoms in total. The minimum atomic E-state index is 0.682. The molecule has 0 saturated heterocycles. The molecule has 88 valence electrons. The van der Waals surface area contributed by atoms with Crippen LogP contribution in [0.15, 0.2) is 35.2 Å². The second kappa shape index (κ2) is 5.74. The molecule has 0 aliphatic heterocycles. The maximum atomic E-state index is 3.47. The Labute approximate surface area is 103 Å². The Morgan fingerprint density at radius 3 is 2.62 bits per heavy atom. The molecule has 1 aromatic rings. The van der Waals surface area contributed by atoms with Gasteiger partial charge in [-0.15, -0.1) is 11.8 Å². The first-order valence-electron chi connectivity index (χ1n) is 6.18. The van der Waals surface area contributed by atoms with Gasteiger partial charge in [-0.2, -0.15) is 0 Å². The lowest BCUT2D eigenvalue weighted by Crippen LogP contribution is -2.40. The van der Waals surface area contributed by atoms with E-state index < -0.39 is 0 Å². The lowest BCUT2D eigenvalue weighted by molar-refractivity contribution is 0.329. The monoisotopic (exact) mass is 235 g/mol. The molecule has 1 aliphatic rings. The third-order valence-corrected chi connectivity index (χ3v) is 4.82. The quantitative estimate of drug-likeness (QED) is 0.860. The highest BCUT2D eigenvalue weighted by molar-refractivity contribution is 8.00. The van der Waals surface area contributed by atoms with Gasteiger partial charge in [-0.25, -0.2) is 0 Å². The van der Waals surface area contributed by atoms with E-state index in [9.17, 15) is 0 Å². The molecule has 0 aromatic heterocycles. The molecule has 0 heterocycles. The van der Waals surface area contributed by atoms with Crippen molar-refractivity contribution in [3.63, 3.8) is 0 Å². The van der Waals surface area contributed by atoms with Crippen LogP contribution in [-0.2, 0) is 0 Å². The highest BCUT2D eigenvalue weighted by Crippen LogP contribution is 2.36. The van der Waals surface area contributed by atoms with Crippen molar-refractivity contribution in [2.24, 2.45) is 5.92 Å². The van der Waals surface area contributed by atoms with Crippen LogP contribution in [0.1, 0.15) is 26.2 Å². The molecule has 0 radical (unpaired) electrons. The summed E-state index contributed by atoms with van der Waals surface area (Å²) in [5.74, 6) is 0.880. The van der Waals surface area contributed by atoms with Gasteiger partial charge in [-0.05, 0) is 44.4 Å². The molecular weight excluding hydrogens is 214 g/mol. The van der Waals surface area contributed by atoms with E-state index in [1.54, 1.807) is 0 Å². The number of nitrogens with one attached hydrogen (secondary N) is 1. The zero-order valence-electron chi connectivity index (χ0n) is 10.1. The van der Waals surface area contributed by atoms with Crippen molar-refractivity contribution in [2.75, 3.05) is 7.05 Å². The minimum absolute atomic E-state index is 0.682. The lowest BCUT2D eigenvalue weighted by atomic mass is 9.87. The summed E-state index contributed by atoms with van der Waals surface area (Å²) >= 11 is 2.04. The van der Waals surface area contributed by atoms with E-state index in [1.165, 1.54) is 24.2 Å². The van der Waals surface area contributed by atoms with Crippen molar-refractivity contribution >= 4 is 11.8 Å². The number of thioether (sulfide) groups is 1. The van der Waals surface area contributed by atoms with E-state index >= 15 is 0 Å². The summed E-state index contributed by atoms with van der Waals surface area (Å²) in [7, 11) is 2.10. The minimum Gasteiger partial charge on any atom is -0.316 e. The zero-order valence-corrected chi connectivity index (χ0v) is 11.0. The van der Waals surface area contributed by atoms with Crippen molar-refractivity contribution in [1.82, 2.24) is 5.32 Å². The van der Waals surface area contributed by atoms with Gasteiger partial charge in [0.15, 0.2) is 0 Å².